The molecule has 1 aromatic carbocycles. The van der Waals surface area contributed by atoms with E-state index in [9.17, 15) is 0 Å². The first-order chi connectivity index (χ1) is 12.8. The molecule has 1 N–H and O–H groups in total. The first kappa shape index (κ1) is 15.7. The van der Waals surface area contributed by atoms with Crippen LogP contribution >= 0.6 is 0 Å². The number of benzene rings is 1. The molecule has 26 heavy (non-hydrogen) atoms. The van der Waals surface area contributed by atoms with Crippen molar-refractivity contribution in [2.75, 3.05) is 43.3 Å². The molecule has 3 aliphatic heterocycles. The summed E-state index contributed by atoms with van der Waals surface area (Å²) in [6.07, 6.45) is 3.43. The van der Waals surface area contributed by atoms with Crippen molar-refractivity contribution in [3.8, 4) is 11.5 Å². The Hall–Kier alpha value is -2.58. The Labute approximate surface area is 151 Å². The average molecular weight is 356 g/mol. The zero-order valence-electron chi connectivity index (χ0n) is 14.3. The minimum Gasteiger partial charge on any atom is -0.454 e. The van der Waals surface area contributed by atoms with Crippen LogP contribution in [0.4, 0.5) is 17.5 Å². The van der Waals surface area contributed by atoms with E-state index >= 15 is 0 Å². The van der Waals surface area contributed by atoms with Gasteiger partial charge in [-0.25, -0.2) is 4.98 Å². The molecule has 4 heterocycles. The topological polar surface area (TPSA) is 78.0 Å². The van der Waals surface area contributed by atoms with E-state index in [0.29, 0.717) is 19.2 Å². The minimum atomic E-state index is -0.390. The fourth-order valence-corrected chi connectivity index (χ4v) is 3.53. The van der Waals surface area contributed by atoms with E-state index in [2.05, 4.69) is 20.2 Å². The summed E-state index contributed by atoms with van der Waals surface area (Å²) in [7, 11) is 0. The monoisotopic (exact) mass is 356 g/mol. The van der Waals surface area contributed by atoms with Crippen LogP contribution in [-0.4, -0.2) is 48.9 Å². The summed E-state index contributed by atoms with van der Waals surface area (Å²) in [5.74, 6) is 2.56. The predicted octanol–water partition coefficient (Wildman–Crippen LogP) is 2.29. The number of hydrogen-bond donors (Lipinski definition) is 1. The second kappa shape index (κ2) is 6.30. The second-order valence-electron chi connectivity index (χ2n) is 6.53. The zero-order valence-corrected chi connectivity index (χ0v) is 14.3. The fourth-order valence-electron chi connectivity index (χ4n) is 3.53. The molecule has 136 valence electrons. The average Bonchev–Trinajstić information content (AvgIpc) is 3.32. The van der Waals surface area contributed by atoms with Crippen LogP contribution in [0.15, 0.2) is 30.5 Å². The Balaban J connectivity index is 1.28. The molecule has 0 aliphatic carbocycles. The molecule has 0 bridgehead atoms. The van der Waals surface area contributed by atoms with Crippen LogP contribution in [0.1, 0.15) is 12.8 Å². The van der Waals surface area contributed by atoms with Crippen molar-refractivity contribution < 1.29 is 18.9 Å². The molecule has 8 nitrogen and oxygen atoms in total. The van der Waals surface area contributed by atoms with E-state index in [-0.39, 0.29) is 6.79 Å². The molecule has 1 spiro atoms. The number of nitrogens with one attached hydrogen (secondary N) is 1. The van der Waals surface area contributed by atoms with Crippen molar-refractivity contribution in [3.05, 3.63) is 30.5 Å². The third-order valence-electron chi connectivity index (χ3n) is 4.91. The number of ether oxygens (including phenoxy) is 4. The van der Waals surface area contributed by atoms with E-state index in [1.807, 2.05) is 24.3 Å². The van der Waals surface area contributed by atoms with Gasteiger partial charge in [0.15, 0.2) is 17.3 Å². The van der Waals surface area contributed by atoms with Gasteiger partial charge in [-0.1, -0.05) is 0 Å². The molecule has 0 amide bonds. The molecule has 0 unspecified atom stereocenters. The molecule has 8 heteroatoms. The molecule has 0 atom stereocenters. The predicted molar refractivity (Wildman–Crippen MR) is 94.0 cm³/mol. The SMILES string of the molecule is c1cc(Nc2ccc3c(c2)OCO3)nc(N2CCC3(CC2)OCCO3)n1. The summed E-state index contributed by atoms with van der Waals surface area (Å²) >= 11 is 0. The summed E-state index contributed by atoms with van der Waals surface area (Å²) < 4.78 is 22.3. The van der Waals surface area contributed by atoms with Gasteiger partial charge in [-0.3, -0.25) is 0 Å². The number of piperidine rings is 1. The molecule has 5 rings (SSSR count). The van der Waals surface area contributed by atoms with Gasteiger partial charge >= 0.3 is 0 Å². The number of aromatic nitrogens is 2. The molecule has 2 fully saturated rings. The Bertz CT molecular complexity index is 800. The maximum Gasteiger partial charge on any atom is 0.231 e. The lowest BCUT2D eigenvalue weighted by molar-refractivity contribution is -0.169. The number of fused-ring (bicyclic) bond motifs is 1. The second-order valence-corrected chi connectivity index (χ2v) is 6.53. The smallest absolute Gasteiger partial charge is 0.231 e. The van der Waals surface area contributed by atoms with Crippen molar-refractivity contribution in [1.82, 2.24) is 9.97 Å². The van der Waals surface area contributed by atoms with Crippen LogP contribution in [0.5, 0.6) is 11.5 Å². The standard InChI is InChI=1S/C18H20N4O4/c1-2-14-15(24-12-23-14)11-13(1)20-16-3-6-19-17(21-16)22-7-4-18(5-8-22)25-9-10-26-18/h1-3,6,11H,4-5,7-10,12H2,(H,19,20,21). The number of hydrogen-bond acceptors (Lipinski definition) is 8. The molecule has 0 radical (unpaired) electrons. The van der Waals surface area contributed by atoms with Gasteiger partial charge in [-0.15, -0.1) is 0 Å². The highest BCUT2D eigenvalue weighted by Gasteiger charge is 2.40. The first-order valence-electron chi connectivity index (χ1n) is 8.82. The van der Waals surface area contributed by atoms with Crippen molar-refractivity contribution in [2.45, 2.75) is 18.6 Å². The van der Waals surface area contributed by atoms with E-state index < -0.39 is 5.79 Å². The van der Waals surface area contributed by atoms with Gasteiger partial charge in [0.25, 0.3) is 0 Å². The Kier molecular flexibility index (Phi) is 3.79. The van der Waals surface area contributed by atoms with Gasteiger partial charge in [0, 0.05) is 43.9 Å². The number of rotatable bonds is 3. The fraction of sp³-hybridized carbons (Fsp3) is 0.444. The normalized spacial score (nSPS) is 20.5. The Morgan fingerprint density at radius 3 is 2.65 bits per heavy atom. The van der Waals surface area contributed by atoms with Gasteiger partial charge in [0.05, 0.1) is 13.2 Å². The molecular weight excluding hydrogens is 336 g/mol. The molecule has 1 aromatic heterocycles. The van der Waals surface area contributed by atoms with Gasteiger partial charge in [-0.05, 0) is 18.2 Å². The lowest BCUT2D eigenvalue weighted by atomic mass is 10.0. The molecule has 2 aromatic rings. The molecular formula is C18H20N4O4. The van der Waals surface area contributed by atoms with E-state index in [1.54, 1.807) is 6.20 Å². The summed E-state index contributed by atoms with van der Waals surface area (Å²) in [5, 5.41) is 3.30. The minimum absolute atomic E-state index is 0.264. The van der Waals surface area contributed by atoms with Crippen molar-refractivity contribution in [1.29, 1.82) is 0 Å². The number of anilines is 3. The molecule has 0 saturated carbocycles. The van der Waals surface area contributed by atoms with Crippen LogP contribution < -0.4 is 19.7 Å². The van der Waals surface area contributed by atoms with Crippen LogP contribution in [0.3, 0.4) is 0 Å². The van der Waals surface area contributed by atoms with Crippen LogP contribution in [0, 0.1) is 0 Å². The lowest BCUT2D eigenvalue weighted by Gasteiger charge is -2.37. The number of nitrogens with zero attached hydrogens (tertiary/aromatic N) is 3. The summed E-state index contributed by atoms with van der Waals surface area (Å²) in [6.45, 7) is 3.26. The first-order valence-corrected chi connectivity index (χ1v) is 8.82. The van der Waals surface area contributed by atoms with Crippen molar-refractivity contribution in [2.24, 2.45) is 0 Å². The van der Waals surface area contributed by atoms with E-state index in [1.165, 1.54) is 0 Å². The quantitative estimate of drug-likeness (QED) is 0.898. The van der Waals surface area contributed by atoms with Crippen molar-refractivity contribution >= 4 is 17.5 Å². The van der Waals surface area contributed by atoms with Crippen LogP contribution in [0.2, 0.25) is 0 Å². The van der Waals surface area contributed by atoms with Gasteiger partial charge in [0.1, 0.15) is 5.82 Å². The van der Waals surface area contributed by atoms with E-state index in [0.717, 1.165) is 48.9 Å². The summed E-state index contributed by atoms with van der Waals surface area (Å²) in [4.78, 5) is 11.2. The highest BCUT2D eigenvalue weighted by molar-refractivity contribution is 5.62. The van der Waals surface area contributed by atoms with Gasteiger partial charge in [-0.2, -0.15) is 4.98 Å². The lowest BCUT2D eigenvalue weighted by Crippen LogP contribution is -2.45. The van der Waals surface area contributed by atoms with E-state index in [4.69, 9.17) is 18.9 Å². The van der Waals surface area contributed by atoms with Crippen LogP contribution in [0.25, 0.3) is 0 Å². The summed E-state index contributed by atoms with van der Waals surface area (Å²) in [6, 6.07) is 7.58. The van der Waals surface area contributed by atoms with Gasteiger partial charge in [0.2, 0.25) is 12.7 Å². The maximum atomic E-state index is 5.78. The highest BCUT2D eigenvalue weighted by atomic mass is 16.7. The maximum absolute atomic E-state index is 5.78. The highest BCUT2D eigenvalue weighted by Crippen LogP contribution is 2.35. The molecule has 3 aliphatic rings. The van der Waals surface area contributed by atoms with Crippen molar-refractivity contribution in [3.63, 3.8) is 0 Å². The third-order valence-corrected chi connectivity index (χ3v) is 4.91. The zero-order chi connectivity index (χ0) is 17.4. The third kappa shape index (κ3) is 2.91. The van der Waals surface area contributed by atoms with Crippen LogP contribution in [-0.2, 0) is 9.47 Å². The summed E-state index contributed by atoms with van der Waals surface area (Å²) in [5.41, 5.74) is 0.893. The Morgan fingerprint density at radius 1 is 1.00 bits per heavy atom. The molecule has 2 saturated heterocycles. The largest absolute Gasteiger partial charge is 0.454 e. The van der Waals surface area contributed by atoms with Gasteiger partial charge < -0.3 is 29.2 Å². The Morgan fingerprint density at radius 2 is 1.81 bits per heavy atom.